The molecule has 0 radical (unpaired) electrons. The van der Waals surface area contributed by atoms with Crippen molar-refractivity contribution in [2.24, 2.45) is 5.73 Å². The molecule has 2 N–H and O–H groups in total. The predicted molar refractivity (Wildman–Crippen MR) is 67.8 cm³/mol. The van der Waals surface area contributed by atoms with Gasteiger partial charge in [0.15, 0.2) is 0 Å². The molecule has 4 heteroatoms. The average molecular weight is 240 g/mol. The van der Waals surface area contributed by atoms with E-state index in [0.717, 1.165) is 29.4 Å². The number of nitrogens with zero attached hydrogens (tertiary/aromatic N) is 2. The summed E-state index contributed by atoms with van der Waals surface area (Å²) >= 11 is 6.33. The van der Waals surface area contributed by atoms with Gasteiger partial charge < -0.3 is 10.6 Å². The van der Waals surface area contributed by atoms with Crippen molar-refractivity contribution in [2.75, 3.05) is 11.4 Å². The summed E-state index contributed by atoms with van der Waals surface area (Å²) in [5.74, 6) is 0.911. The van der Waals surface area contributed by atoms with Gasteiger partial charge in [0.25, 0.3) is 0 Å². The van der Waals surface area contributed by atoms with Gasteiger partial charge in [-0.1, -0.05) is 18.5 Å². The third-order valence-electron chi connectivity index (χ3n) is 2.89. The van der Waals surface area contributed by atoms with Crippen molar-refractivity contribution in [3.05, 3.63) is 22.8 Å². The van der Waals surface area contributed by atoms with Gasteiger partial charge in [-0.15, -0.1) is 0 Å². The molecule has 1 fully saturated rings. The smallest absolute Gasteiger partial charge is 0.147 e. The van der Waals surface area contributed by atoms with Crippen molar-refractivity contribution in [3.63, 3.8) is 0 Å². The van der Waals surface area contributed by atoms with Crippen molar-refractivity contribution in [1.82, 2.24) is 4.98 Å². The Bertz CT molecular complexity index is 363. The monoisotopic (exact) mass is 239 g/mol. The molecule has 1 aromatic heterocycles. The molecule has 0 aliphatic heterocycles. The number of hydrogen-bond donors (Lipinski definition) is 1. The van der Waals surface area contributed by atoms with Crippen LogP contribution in [0.4, 0.5) is 5.82 Å². The summed E-state index contributed by atoms with van der Waals surface area (Å²) in [5.41, 5.74) is 6.63. The molecular formula is C12H18ClN3. The Balaban J connectivity index is 2.29. The van der Waals surface area contributed by atoms with E-state index in [1.165, 1.54) is 12.8 Å². The Morgan fingerprint density at radius 2 is 2.31 bits per heavy atom. The lowest BCUT2D eigenvalue weighted by Gasteiger charge is -2.24. The number of nitrogens with two attached hydrogens (primary N) is 1. The molecule has 2 rings (SSSR count). The topological polar surface area (TPSA) is 42.2 Å². The van der Waals surface area contributed by atoms with E-state index in [1.807, 2.05) is 6.07 Å². The maximum Gasteiger partial charge on any atom is 0.147 e. The molecule has 3 nitrogen and oxygen atoms in total. The Morgan fingerprint density at radius 1 is 1.56 bits per heavy atom. The molecule has 1 aliphatic carbocycles. The molecule has 0 unspecified atom stereocenters. The minimum absolute atomic E-state index is 0.471. The Hall–Kier alpha value is -0.800. The maximum absolute atomic E-state index is 6.33. The zero-order chi connectivity index (χ0) is 11.5. The zero-order valence-electron chi connectivity index (χ0n) is 9.62. The number of hydrogen-bond acceptors (Lipinski definition) is 3. The van der Waals surface area contributed by atoms with Gasteiger partial charge in [0.2, 0.25) is 0 Å². The van der Waals surface area contributed by atoms with E-state index in [4.69, 9.17) is 17.3 Å². The molecular weight excluding hydrogens is 222 g/mol. The fourth-order valence-electron chi connectivity index (χ4n) is 1.92. The molecule has 0 saturated heterocycles. The predicted octanol–water partition coefficient (Wildman–Crippen LogP) is 2.57. The van der Waals surface area contributed by atoms with Gasteiger partial charge in [-0.05, 0) is 30.9 Å². The van der Waals surface area contributed by atoms with Crippen molar-refractivity contribution in [1.29, 1.82) is 0 Å². The fraction of sp³-hybridized carbons (Fsp3) is 0.583. The lowest BCUT2D eigenvalue weighted by molar-refractivity contribution is 0.749. The highest BCUT2D eigenvalue weighted by Crippen LogP contribution is 2.35. The van der Waals surface area contributed by atoms with E-state index < -0.39 is 0 Å². The zero-order valence-corrected chi connectivity index (χ0v) is 10.4. The van der Waals surface area contributed by atoms with Gasteiger partial charge in [0.05, 0.1) is 5.02 Å². The summed E-state index contributed by atoms with van der Waals surface area (Å²) in [6, 6.07) is 2.53. The van der Waals surface area contributed by atoms with Gasteiger partial charge in [-0.3, -0.25) is 0 Å². The van der Waals surface area contributed by atoms with Crippen LogP contribution in [0.5, 0.6) is 0 Å². The summed E-state index contributed by atoms with van der Waals surface area (Å²) in [5, 5.41) is 0.727. The third-order valence-corrected chi connectivity index (χ3v) is 3.31. The van der Waals surface area contributed by atoms with Crippen molar-refractivity contribution in [3.8, 4) is 0 Å². The Morgan fingerprint density at radius 3 is 2.88 bits per heavy atom. The number of pyridine rings is 1. The lowest BCUT2D eigenvalue weighted by atomic mass is 10.2. The van der Waals surface area contributed by atoms with E-state index in [2.05, 4.69) is 16.8 Å². The van der Waals surface area contributed by atoms with Crippen molar-refractivity contribution in [2.45, 2.75) is 38.8 Å². The van der Waals surface area contributed by atoms with Crippen LogP contribution in [0.1, 0.15) is 31.7 Å². The van der Waals surface area contributed by atoms with Crippen LogP contribution in [0.3, 0.4) is 0 Å². The second-order valence-electron chi connectivity index (χ2n) is 4.24. The number of rotatable bonds is 5. The maximum atomic E-state index is 6.33. The van der Waals surface area contributed by atoms with Crippen LogP contribution in [0.2, 0.25) is 5.02 Å². The first kappa shape index (κ1) is 11.7. The molecule has 88 valence electrons. The van der Waals surface area contributed by atoms with Gasteiger partial charge in [0.1, 0.15) is 5.82 Å². The third kappa shape index (κ3) is 2.30. The highest BCUT2D eigenvalue weighted by Gasteiger charge is 2.30. The Labute approximate surface area is 102 Å². The first-order valence-corrected chi connectivity index (χ1v) is 6.25. The normalized spacial score (nSPS) is 15.2. The first-order chi connectivity index (χ1) is 7.77. The van der Waals surface area contributed by atoms with Gasteiger partial charge in [0, 0.05) is 25.3 Å². The number of anilines is 1. The highest BCUT2D eigenvalue weighted by molar-refractivity contribution is 6.33. The largest absolute Gasteiger partial charge is 0.352 e. The standard InChI is InChI=1S/C12H18ClN3/c1-2-7-16(10-3-4-10)12-11(13)9(8-14)5-6-15-12/h5-6,10H,2-4,7-8,14H2,1H3. The average Bonchev–Trinajstić information content (AvgIpc) is 3.11. The molecule has 1 aliphatic rings. The summed E-state index contributed by atoms with van der Waals surface area (Å²) < 4.78 is 0. The Kier molecular flexibility index (Phi) is 3.66. The van der Waals surface area contributed by atoms with Crippen LogP contribution >= 0.6 is 11.6 Å². The highest BCUT2D eigenvalue weighted by atomic mass is 35.5. The van der Waals surface area contributed by atoms with Gasteiger partial charge in [-0.2, -0.15) is 0 Å². The minimum atomic E-state index is 0.471. The molecule has 0 bridgehead atoms. The van der Waals surface area contributed by atoms with E-state index in [-0.39, 0.29) is 0 Å². The summed E-state index contributed by atoms with van der Waals surface area (Å²) in [6.45, 7) is 3.67. The fourth-order valence-corrected chi connectivity index (χ4v) is 2.22. The van der Waals surface area contributed by atoms with Crippen LogP contribution in [0.15, 0.2) is 12.3 Å². The molecule has 0 amide bonds. The first-order valence-electron chi connectivity index (χ1n) is 5.88. The van der Waals surface area contributed by atoms with Crippen LogP contribution in [-0.4, -0.2) is 17.6 Å². The molecule has 0 spiro atoms. The molecule has 1 aromatic rings. The van der Waals surface area contributed by atoms with Crippen LogP contribution < -0.4 is 10.6 Å². The van der Waals surface area contributed by atoms with Crippen LogP contribution in [-0.2, 0) is 6.54 Å². The van der Waals surface area contributed by atoms with Gasteiger partial charge >= 0.3 is 0 Å². The lowest BCUT2D eigenvalue weighted by Crippen LogP contribution is -2.28. The van der Waals surface area contributed by atoms with E-state index in [9.17, 15) is 0 Å². The second kappa shape index (κ2) is 5.02. The molecule has 16 heavy (non-hydrogen) atoms. The van der Waals surface area contributed by atoms with Crippen LogP contribution in [0.25, 0.3) is 0 Å². The SMILES string of the molecule is CCCN(c1nccc(CN)c1Cl)C1CC1. The summed E-state index contributed by atoms with van der Waals surface area (Å²) in [4.78, 5) is 6.73. The summed E-state index contributed by atoms with van der Waals surface area (Å²) in [6.07, 6.45) is 5.42. The quantitative estimate of drug-likeness (QED) is 0.859. The molecule has 0 atom stereocenters. The number of halogens is 1. The number of aromatic nitrogens is 1. The van der Waals surface area contributed by atoms with E-state index >= 15 is 0 Å². The molecule has 1 heterocycles. The van der Waals surface area contributed by atoms with Crippen molar-refractivity contribution < 1.29 is 0 Å². The van der Waals surface area contributed by atoms with E-state index in [0.29, 0.717) is 12.6 Å². The van der Waals surface area contributed by atoms with E-state index in [1.54, 1.807) is 6.20 Å². The molecule has 1 saturated carbocycles. The van der Waals surface area contributed by atoms with Gasteiger partial charge in [-0.25, -0.2) is 4.98 Å². The molecule has 0 aromatic carbocycles. The van der Waals surface area contributed by atoms with Crippen molar-refractivity contribution >= 4 is 17.4 Å². The summed E-state index contributed by atoms with van der Waals surface area (Å²) in [7, 11) is 0. The minimum Gasteiger partial charge on any atom is -0.352 e. The van der Waals surface area contributed by atoms with Crippen LogP contribution in [0, 0.1) is 0 Å². The second-order valence-corrected chi connectivity index (χ2v) is 4.61.